The number of rotatable bonds is 6. The summed E-state index contributed by atoms with van der Waals surface area (Å²) in [5.41, 5.74) is -0.605. The van der Waals surface area contributed by atoms with Crippen LogP contribution in [-0.4, -0.2) is 44.0 Å². The maximum Gasteiger partial charge on any atom is 0.255 e. The van der Waals surface area contributed by atoms with E-state index < -0.39 is 44.6 Å². The lowest BCUT2D eigenvalue weighted by atomic mass is 10.2. The van der Waals surface area contributed by atoms with Gasteiger partial charge in [0.05, 0.1) is 17.1 Å². The van der Waals surface area contributed by atoms with Crippen LogP contribution in [0.2, 0.25) is 0 Å². The van der Waals surface area contributed by atoms with Crippen LogP contribution >= 0.6 is 0 Å². The van der Waals surface area contributed by atoms with Gasteiger partial charge in [-0.15, -0.1) is 6.58 Å². The predicted octanol–water partition coefficient (Wildman–Crippen LogP) is 0.233. The van der Waals surface area contributed by atoms with Crippen LogP contribution in [0.5, 0.6) is 0 Å². The highest BCUT2D eigenvalue weighted by Crippen LogP contribution is 2.20. The number of primary sulfonamides is 1. The Morgan fingerprint density at radius 1 is 1.38 bits per heavy atom. The molecule has 0 aliphatic heterocycles. The van der Waals surface area contributed by atoms with Gasteiger partial charge in [-0.05, 0) is 12.1 Å². The molecule has 0 bridgehead atoms. The first-order valence-corrected chi connectivity index (χ1v) is 7.30. The zero-order chi connectivity index (χ0) is 16.2. The van der Waals surface area contributed by atoms with Gasteiger partial charge in [-0.1, -0.05) is 6.08 Å². The van der Waals surface area contributed by atoms with E-state index in [1.807, 2.05) is 0 Å². The van der Waals surface area contributed by atoms with E-state index in [-0.39, 0.29) is 13.1 Å². The average Bonchev–Trinajstić information content (AvgIpc) is 2.39. The molecule has 1 aromatic rings. The molecule has 0 spiro atoms. The summed E-state index contributed by atoms with van der Waals surface area (Å²) in [5.74, 6) is -3.73. The zero-order valence-corrected chi connectivity index (χ0v) is 11.7. The molecule has 0 heterocycles. The summed E-state index contributed by atoms with van der Waals surface area (Å²) in [7, 11) is -4.42. The molecule has 0 fully saturated rings. The standard InChI is InChI=1S/C12H14F2N2O4S/c1-2-3-16(4-5-17)12(18)8-6-9(13)10(14)7-11(8)21(15,19)20/h2,6-7,17H,1,3-5H2,(H2,15,19,20). The van der Waals surface area contributed by atoms with Gasteiger partial charge in [0.25, 0.3) is 5.91 Å². The number of halogens is 2. The van der Waals surface area contributed by atoms with E-state index in [0.29, 0.717) is 12.1 Å². The normalized spacial score (nSPS) is 11.2. The summed E-state index contributed by atoms with van der Waals surface area (Å²) in [6, 6.07) is 0.813. The number of amides is 1. The Morgan fingerprint density at radius 3 is 2.43 bits per heavy atom. The van der Waals surface area contributed by atoms with Crippen molar-refractivity contribution in [2.24, 2.45) is 5.14 Å². The topological polar surface area (TPSA) is 101 Å². The SMILES string of the molecule is C=CCN(CCO)C(=O)c1cc(F)c(F)cc1S(N)(=O)=O. The van der Waals surface area contributed by atoms with Gasteiger partial charge in [-0.3, -0.25) is 4.79 Å². The van der Waals surface area contributed by atoms with Crippen molar-refractivity contribution in [1.29, 1.82) is 0 Å². The van der Waals surface area contributed by atoms with Gasteiger partial charge in [0, 0.05) is 13.1 Å². The maximum atomic E-state index is 13.3. The maximum absolute atomic E-state index is 13.3. The minimum absolute atomic E-state index is 0.0115. The molecule has 0 aromatic heterocycles. The number of carbonyl (C=O) groups is 1. The van der Waals surface area contributed by atoms with E-state index in [9.17, 15) is 22.0 Å². The molecule has 0 radical (unpaired) electrons. The Labute approximate surface area is 120 Å². The molecule has 3 N–H and O–H groups in total. The van der Waals surface area contributed by atoms with Crippen LogP contribution in [0.25, 0.3) is 0 Å². The number of benzene rings is 1. The second-order valence-corrected chi connectivity index (χ2v) is 5.60. The number of nitrogens with two attached hydrogens (primary N) is 1. The number of aliphatic hydroxyl groups is 1. The van der Waals surface area contributed by atoms with Crippen LogP contribution in [0, 0.1) is 11.6 Å². The van der Waals surface area contributed by atoms with Crippen molar-refractivity contribution in [2.75, 3.05) is 19.7 Å². The van der Waals surface area contributed by atoms with E-state index in [1.54, 1.807) is 0 Å². The monoisotopic (exact) mass is 320 g/mol. The fourth-order valence-corrected chi connectivity index (χ4v) is 2.37. The second kappa shape index (κ2) is 6.74. The van der Waals surface area contributed by atoms with Crippen molar-refractivity contribution in [1.82, 2.24) is 4.90 Å². The van der Waals surface area contributed by atoms with Crippen molar-refractivity contribution in [3.05, 3.63) is 42.0 Å². The minimum atomic E-state index is -4.42. The Balaban J connectivity index is 3.43. The highest BCUT2D eigenvalue weighted by Gasteiger charge is 2.25. The Kier molecular flexibility index (Phi) is 5.53. The highest BCUT2D eigenvalue weighted by molar-refractivity contribution is 7.89. The summed E-state index contributed by atoms with van der Waals surface area (Å²) in [4.78, 5) is 12.4. The third-order valence-electron chi connectivity index (χ3n) is 2.57. The molecular formula is C12H14F2N2O4S. The molecule has 1 aromatic carbocycles. The summed E-state index contributed by atoms with van der Waals surface area (Å²) >= 11 is 0. The Bertz CT molecular complexity index is 661. The molecule has 21 heavy (non-hydrogen) atoms. The molecule has 0 unspecified atom stereocenters. The first kappa shape index (κ1) is 17.2. The zero-order valence-electron chi connectivity index (χ0n) is 10.9. The van der Waals surface area contributed by atoms with E-state index in [0.717, 1.165) is 4.90 Å². The smallest absolute Gasteiger partial charge is 0.255 e. The van der Waals surface area contributed by atoms with Crippen molar-refractivity contribution < 1.29 is 27.1 Å². The van der Waals surface area contributed by atoms with E-state index >= 15 is 0 Å². The van der Waals surface area contributed by atoms with Gasteiger partial charge < -0.3 is 10.0 Å². The van der Waals surface area contributed by atoms with Crippen LogP contribution in [0.4, 0.5) is 8.78 Å². The lowest BCUT2D eigenvalue weighted by Gasteiger charge is -2.21. The van der Waals surface area contributed by atoms with Crippen molar-refractivity contribution >= 4 is 15.9 Å². The van der Waals surface area contributed by atoms with Crippen LogP contribution < -0.4 is 5.14 Å². The Morgan fingerprint density at radius 2 is 1.95 bits per heavy atom. The second-order valence-electron chi connectivity index (χ2n) is 4.07. The summed E-state index contributed by atoms with van der Waals surface area (Å²) in [5, 5.41) is 13.8. The summed E-state index contributed by atoms with van der Waals surface area (Å²) in [6.07, 6.45) is 1.34. The molecule has 6 nitrogen and oxygen atoms in total. The van der Waals surface area contributed by atoms with Gasteiger partial charge in [0.1, 0.15) is 0 Å². The number of hydrogen-bond donors (Lipinski definition) is 2. The number of sulfonamides is 1. The number of carbonyl (C=O) groups excluding carboxylic acids is 1. The fourth-order valence-electron chi connectivity index (χ4n) is 1.65. The van der Waals surface area contributed by atoms with Gasteiger partial charge in [-0.2, -0.15) is 0 Å². The average molecular weight is 320 g/mol. The molecule has 1 amide bonds. The number of nitrogens with zero attached hydrogens (tertiary/aromatic N) is 1. The molecule has 0 atom stereocenters. The highest BCUT2D eigenvalue weighted by atomic mass is 32.2. The molecule has 0 saturated carbocycles. The van der Waals surface area contributed by atoms with Gasteiger partial charge >= 0.3 is 0 Å². The molecule has 1 rings (SSSR count). The number of aliphatic hydroxyl groups excluding tert-OH is 1. The third-order valence-corrected chi connectivity index (χ3v) is 3.52. The summed E-state index contributed by atoms with van der Waals surface area (Å²) in [6.45, 7) is 2.87. The van der Waals surface area contributed by atoms with Crippen LogP contribution in [0.15, 0.2) is 29.7 Å². The van der Waals surface area contributed by atoms with Crippen LogP contribution in [-0.2, 0) is 10.0 Å². The first-order valence-electron chi connectivity index (χ1n) is 5.75. The van der Waals surface area contributed by atoms with Crippen molar-refractivity contribution in [2.45, 2.75) is 4.90 Å². The minimum Gasteiger partial charge on any atom is -0.395 e. The molecule has 116 valence electrons. The molecule has 0 aliphatic carbocycles. The lowest BCUT2D eigenvalue weighted by Crippen LogP contribution is -2.35. The van der Waals surface area contributed by atoms with Gasteiger partial charge in [0.2, 0.25) is 10.0 Å². The van der Waals surface area contributed by atoms with Crippen LogP contribution in [0.1, 0.15) is 10.4 Å². The van der Waals surface area contributed by atoms with Crippen LogP contribution in [0.3, 0.4) is 0 Å². The molecular weight excluding hydrogens is 306 g/mol. The van der Waals surface area contributed by atoms with E-state index in [2.05, 4.69) is 6.58 Å². The summed E-state index contributed by atoms with van der Waals surface area (Å²) < 4.78 is 49.3. The number of hydrogen-bond acceptors (Lipinski definition) is 4. The van der Waals surface area contributed by atoms with E-state index in [1.165, 1.54) is 6.08 Å². The Hall–Kier alpha value is -1.84. The van der Waals surface area contributed by atoms with E-state index in [4.69, 9.17) is 10.2 Å². The quantitative estimate of drug-likeness (QED) is 0.733. The van der Waals surface area contributed by atoms with Crippen molar-refractivity contribution in [3.8, 4) is 0 Å². The van der Waals surface area contributed by atoms with Gasteiger partial charge in [-0.25, -0.2) is 22.3 Å². The lowest BCUT2D eigenvalue weighted by molar-refractivity contribution is 0.0738. The fraction of sp³-hybridized carbons (Fsp3) is 0.250. The van der Waals surface area contributed by atoms with Crippen molar-refractivity contribution in [3.63, 3.8) is 0 Å². The van der Waals surface area contributed by atoms with Gasteiger partial charge in [0.15, 0.2) is 11.6 Å². The molecule has 9 heteroatoms. The third kappa shape index (κ3) is 4.06. The molecule has 0 aliphatic rings. The molecule has 0 saturated heterocycles. The largest absolute Gasteiger partial charge is 0.395 e. The first-order chi connectivity index (χ1) is 9.72. The predicted molar refractivity (Wildman–Crippen MR) is 70.9 cm³/mol.